The molecule has 0 amide bonds. The predicted octanol–water partition coefficient (Wildman–Crippen LogP) is 5.76. The lowest BCUT2D eigenvalue weighted by atomic mass is 9.88. The van der Waals surface area contributed by atoms with Crippen LogP contribution in [0.3, 0.4) is 0 Å². The Balaban J connectivity index is 2.74. The number of hydrogen-bond donors (Lipinski definition) is 0. The number of carbonyl (C=O) groups excluding carboxylic acids is 1. The summed E-state index contributed by atoms with van der Waals surface area (Å²) in [4.78, 5) is 14.4. The van der Waals surface area contributed by atoms with Crippen molar-refractivity contribution in [2.75, 3.05) is 0 Å². The van der Waals surface area contributed by atoms with E-state index < -0.39 is 0 Å². The molecule has 1 heterocycles. The number of allylic oxidation sites excluding steroid dienone is 4. The van der Waals surface area contributed by atoms with Crippen LogP contribution in [0.4, 0.5) is 0 Å². The van der Waals surface area contributed by atoms with Crippen molar-refractivity contribution in [2.24, 2.45) is 0 Å². The van der Waals surface area contributed by atoms with E-state index in [1.165, 1.54) is 0 Å². The molecule has 0 bridgehead atoms. The minimum absolute atomic E-state index is 0.197. The summed E-state index contributed by atoms with van der Waals surface area (Å²) in [5, 5.41) is 0. The number of thiophene rings is 1. The highest BCUT2D eigenvalue weighted by atomic mass is 32.1. The number of ketones is 1. The zero-order chi connectivity index (χ0) is 15.4. The summed E-state index contributed by atoms with van der Waals surface area (Å²) in [7, 11) is 0. The number of rotatable bonds is 5. The first-order valence-electron chi connectivity index (χ1n) is 7.11. The topological polar surface area (TPSA) is 17.1 Å². The standard InChI is InChI=1S/C19H20OS/c1-5-10-15-14(7-3)19(21-18(15)8-4)16-11-9-12-17(20)13(16)6-2/h5-8,10H,2-4,9,11-12H2,1H3/b10-5-. The quantitative estimate of drug-likeness (QED) is 0.675. The van der Waals surface area contributed by atoms with Crippen molar-refractivity contribution in [3.05, 3.63) is 58.3 Å². The van der Waals surface area contributed by atoms with Crippen molar-refractivity contribution < 1.29 is 4.79 Å². The van der Waals surface area contributed by atoms with Crippen LogP contribution in [0.25, 0.3) is 23.8 Å². The Morgan fingerprint density at radius 1 is 1.05 bits per heavy atom. The van der Waals surface area contributed by atoms with Crippen molar-refractivity contribution in [1.82, 2.24) is 0 Å². The van der Waals surface area contributed by atoms with Gasteiger partial charge in [0.05, 0.1) is 0 Å². The molecule has 0 spiro atoms. The Morgan fingerprint density at radius 2 is 1.81 bits per heavy atom. The van der Waals surface area contributed by atoms with Crippen LogP contribution in [0.2, 0.25) is 0 Å². The van der Waals surface area contributed by atoms with Gasteiger partial charge in [0.15, 0.2) is 5.78 Å². The SMILES string of the molecule is C=CC1=C(c2sc(C=C)c(/C=C\C)c2C=C)CCCC1=O. The Morgan fingerprint density at radius 3 is 2.38 bits per heavy atom. The fourth-order valence-electron chi connectivity index (χ4n) is 2.73. The Kier molecular flexibility index (Phi) is 4.92. The third kappa shape index (κ3) is 2.77. The lowest BCUT2D eigenvalue weighted by Gasteiger charge is -2.17. The molecule has 1 aliphatic rings. The molecule has 0 N–H and O–H groups in total. The molecule has 1 aromatic heterocycles. The molecule has 2 rings (SSSR count). The summed E-state index contributed by atoms with van der Waals surface area (Å²) >= 11 is 1.68. The van der Waals surface area contributed by atoms with Crippen LogP contribution >= 0.6 is 11.3 Å². The summed E-state index contributed by atoms with van der Waals surface area (Å²) in [6.07, 6.45) is 12.0. The molecular weight excluding hydrogens is 276 g/mol. The van der Waals surface area contributed by atoms with Crippen LogP contribution in [0.15, 0.2) is 37.5 Å². The van der Waals surface area contributed by atoms with Gasteiger partial charge in [-0.05, 0) is 30.9 Å². The molecule has 108 valence electrons. The maximum absolute atomic E-state index is 12.1. The fraction of sp³-hybridized carbons (Fsp3) is 0.211. The number of hydrogen-bond acceptors (Lipinski definition) is 2. The molecule has 0 atom stereocenters. The molecule has 1 aromatic rings. The first kappa shape index (κ1) is 15.5. The Hall–Kier alpha value is -1.93. The predicted molar refractivity (Wildman–Crippen MR) is 95.2 cm³/mol. The van der Waals surface area contributed by atoms with Crippen LogP contribution < -0.4 is 0 Å². The molecule has 0 saturated carbocycles. The monoisotopic (exact) mass is 296 g/mol. The van der Waals surface area contributed by atoms with Gasteiger partial charge < -0.3 is 0 Å². The van der Waals surface area contributed by atoms with Gasteiger partial charge in [-0.2, -0.15) is 0 Å². The summed E-state index contributed by atoms with van der Waals surface area (Å²) in [6.45, 7) is 13.7. The number of Topliss-reactive ketones (excluding diaryl/α,β-unsaturated/α-hetero) is 1. The maximum atomic E-state index is 12.1. The maximum Gasteiger partial charge on any atom is 0.163 e. The third-order valence-electron chi connectivity index (χ3n) is 3.67. The van der Waals surface area contributed by atoms with Crippen molar-refractivity contribution in [3.63, 3.8) is 0 Å². The van der Waals surface area contributed by atoms with E-state index in [0.717, 1.165) is 44.9 Å². The average molecular weight is 296 g/mol. The smallest absolute Gasteiger partial charge is 0.163 e. The van der Waals surface area contributed by atoms with Gasteiger partial charge in [0.2, 0.25) is 0 Å². The van der Waals surface area contributed by atoms with Crippen LogP contribution in [-0.4, -0.2) is 5.78 Å². The molecule has 2 heteroatoms. The summed E-state index contributed by atoms with van der Waals surface area (Å²) in [5.41, 5.74) is 4.11. The van der Waals surface area contributed by atoms with Gasteiger partial charge in [-0.3, -0.25) is 4.79 Å². The van der Waals surface area contributed by atoms with Gasteiger partial charge in [-0.15, -0.1) is 11.3 Å². The second-order valence-electron chi connectivity index (χ2n) is 4.90. The summed E-state index contributed by atoms with van der Waals surface area (Å²) < 4.78 is 0. The highest BCUT2D eigenvalue weighted by molar-refractivity contribution is 7.14. The average Bonchev–Trinajstić information content (AvgIpc) is 2.85. The van der Waals surface area contributed by atoms with E-state index in [-0.39, 0.29) is 5.78 Å². The molecule has 1 nitrogen and oxygen atoms in total. The van der Waals surface area contributed by atoms with Crippen molar-refractivity contribution in [2.45, 2.75) is 26.2 Å². The van der Waals surface area contributed by atoms with E-state index in [0.29, 0.717) is 6.42 Å². The van der Waals surface area contributed by atoms with E-state index in [4.69, 9.17) is 0 Å². The highest BCUT2D eigenvalue weighted by Gasteiger charge is 2.23. The van der Waals surface area contributed by atoms with Gasteiger partial charge >= 0.3 is 0 Å². The van der Waals surface area contributed by atoms with E-state index in [1.54, 1.807) is 17.4 Å². The normalized spacial score (nSPS) is 15.6. The molecule has 0 fully saturated rings. The lowest BCUT2D eigenvalue weighted by molar-refractivity contribution is -0.115. The van der Waals surface area contributed by atoms with Gasteiger partial charge in [0, 0.05) is 27.3 Å². The van der Waals surface area contributed by atoms with E-state index in [2.05, 4.69) is 25.8 Å². The van der Waals surface area contributed by atoms with Gasteiger partial charge in [-0.25, -0.2) is 0 Å². The Bertz CT molecular complexity index is 668. The first-order chi connectivity index (χ1) is 10.2. The van der Waals surface area contributed by atoms with Gasteiger partial charge in [0.1, 0.15) is 0 Å². The molecular formula is C19H20OS. The molecule has 1 aliphatic carbocycles. The zero-order valence-corrected chi connectivity index (χ0v) is 13.3. The summed E-state index contributed by atoms with van der Waals surface area (Å²) in [5.74, 6) is 0.197. The Labute approximate surface area is 130 Å². The van der Waals surface area contributed by atoms with Crippen LogP contribution in [0.5, 0.6) is 0 Å². The van der Waals surface area contributed by atoms with Crippen LogP contribution in [0, 0.1) is 0 Å². The molecule has 0 aromatic carbocycles. The van der Waals surface area contributed by atoms with E-state index >= 15 is 0 Å². The summed E-state index contributed by atoms with van der Waals surface area (Å²) in [6, 6.07) is 0. The minimum Gasteiger partial charge on any atom is -0.294 e. The number of carbonyl (C=O) groups is 1. The second-order valence-corrected chi connectivity index (χ2v) is 5.96. The molecule has 21 heavy (non-hydrogen) atoms. The van der Waals surface area contributed by atoms with Crippen LogP contribution in [0.1, 0.15) is 47.1 Å². The minimum atomic E-state index is 0.197. The molecule has 0 radical (unpaired) electrons. The van der Waals surface area contributed by atoms with Crippen molar-refractivity contribution >= 4 is 40.9 Å². The largest absolute Gasteiger partial charge is 0.294 e. The molecule has 0 aliphatic heterocycles. The fourth-order valence-corrected chi connectivity index (χ4v) is 3.96. The highest BCUT2D eigenvalue weighted by Crippen LogP contribution is 2.41. The zero-order valence-electron chi connectivity index (χ0n) is 12.4. The van der Waals surface area contributed by atoms with Crippen LogP contribution in [-0.2, 0) is 4.79 Å². The van der Waals surface area contributed by atoms with E-state index in [1.807, 2.05) is 25.2 Å². The van der Waals surface area contributed by atoms with Gasteiger partial charge in [0.25, 0.3) is 0 Å². The van der Waals surface area contributed by atoms with Crippen molar-refractivity contribution in [1.29, 1.82) is 0 Å². The first-order valence-corrected chi connectivity index (χ1v) is 7.93. The third-order valence-corrected chi connectivity index (χ3v) is 4.95. The van der Waals surface area contributed by atoms with Crippen molar-refractivity contribution in [3.8, 4) is 0 Å². The van der Waals surface area contributed by atoms with E-state index in [9.17, 15) is 4.79 Å². The molecule has 0 saturated heterocycles. The second kappa shape index (κ2) is 6.68. The van der Waals surface area contributed by atoms with Gasteiger partial charge in [-0.1, -0.05) is 50.1 Å². The lowest BCUT2D eigenvalue weighted by Crippen LogP contribution is -2.09. The molecule has 0 unspecified atom stereocenters.